The van der Waals surface area contributed by atoms with Crippen molar-refractivity contribution in [3.63, 3.8) is 0 Å². The molecule has 0 radical (unpaired) electrons. The second kappa shape index (κ2) is 7.85. The molecule has 2 rings (SSSR count). The molecule has 0 spiro atoms. The van der Waals surface area contributed by atoms with E-state index in [-0.39, 0.29) is 18.0 Å². The molecule has 0 unspecified atom stereocenters. The molecule has 4 atom stereocenters. The minimum atomic E-state index is -0.953. The number of hydrogen-bond donors (Lipinski definition) is 0. The van der Waals surface area contributed by atoms with Gasteiger partial charge in [0.1, 0.15) is 6.29 Å². The third-order valence-corrected chi connectivity index (χ3v) is 4.52. The van der Waals surface area contributed by atoms with Crippen molar-refractivity contribution in [3.8, 4) is 0 Å². The first-order chi connectivity index (χ1) is 11.1. The highest BCUT2D eigenvalue weighted by molar-refractivity contribution is 5.70. The van der Waals surface area contributed by atoms with Crippen molar-refractivity contribution in [2.75, 3.05) is 6.61 Å². The summed E-state index contributed by atoms with van der Waals surface area (Å²) < 4.78 is 4.94. The van der Waals surface area contributed by atoms with Gasteiger partial charge in [-0.15, -0.1) is 0 Å². The van der Waals surface area contributed by atoms with Gasteiger partial charge in [0.25, 0.3) is 0 Å². The van der Waals surface area contributed by atoms with Gasteiger partial charge in [-0.1, -0.05) is 30.3 Å². The number of nitro groups is 1. The number of ether oxygens (including phenoxy) is 1. The van der Waals surface area contributed by atoms with Crippen LogP contribution in [-0.4, -0.2) is 29.8 Å². The average molecular weight is 319 g/mol. The summed E-state index contributed by atoms with van der Waals surface area (Å²) in [4.78, 5) is 34.5. The van der Waals surface area contributed by atoms with Crippen molar-refractivity contribution in [1.82, 2.24) is 0 Å². The third-order valence-electron chi connectivity index (χ3n) is 4.52. The predicted octanol–water partition coefficient (Wildman–Crippen LogP) is 2.59. The SMILES string of the molecule is CCOC(=O)C[C@@H]1CC[C@H](C=O)[C@@H](c2ccccc2)[C@@H]1[N+](=O)[O-]. The van der Waals surface area contributed by atoms with Crippen LogP contribution in [0.3, 0.4) is 0 Å². The van der Waals surface area contributed by atoms with Crippen molar-refractivity contribution in [2.24, 2.45) is 11.8 Å². The Labute approximate surface area is 135 Å². The molecule has 1 aromatic carbocycles. The highest BCUT2D eigenvalue weighted by Gasteiger charge is 2.48. The van der Waals surface area contributed by atoms with Crippen LogP contribution in [0.1, 0.15) is 37.7 Å². The number of benzene rings is 1. The summed E-state index contributed by atoms with van der Waals surface area (Å²) in [6.07, 6.45) is 1.87. The molecule has 1 saturated carbocycles. The van der Waals surface area contributed by atoms with Gasteiger partial charge in [-0.2, -0.15) is 0 Å². The van der Waals surface area contributed by atoms with E-state index in [9.17, 15) is 19.7 Å². The third kappa shape index (κ3) is 3.94. The fourth-order valence-corrected chi connectivity index (χ4v) is 3.54. The van der Waals surface area contributed by atoms with E-state index in [1.807, 2.05) is 30.3 Å². The van der Waals surface area contributed by atoms with Crippen LogP contribution in [0.15, 0.2) is 30.3 Å². The Morgan fingerprint density at radius 1 is 1.35 bits per heavy atom. The molecule has 0 bridgehead atoms. The zero-order valence-electron chi connectivity index (χ0n) is 13.1. The van der Waals surface area contributed by atoms with Crippen molar-refractivity contribution in [3.05, 3.63) is 46.0 Å². The van der Waals surface area contributed by atoms with E-state index in [0.29, 0.717) is 12.8 Å². The highest BCUT2D eigenvalue weighted by atomic mass is 16.6. The summed E-state index contributed by atoms with van der Waals surface area (Å²) >= 11 is 0. The van der Waals surface area contributed by atoms with Crippen LogP contribution in [0.5, 0.6) is 0 Å². The van der Waals surface area contributed by atoms with E-state index in [2.05, 4.69) is 0 Å². The largest absolute Gasteiger partial charge is 0.466 e. The lowest BCUT2D eigenvalue weighted by atomic mass is 9.67. The molecular formula is C17H21NO5. The molecule has 0 aromatic heterocycles. The number of nitrogens with zero attached hydrogens (tertiary/aromatic N) is 1. The number of carbonyl (C=O) groups excluding carboxylic acids is 2. The van der Waals surface area contributed by atoms with Crippen LogP contribution in [0.2, 0.25) is 0 Å². The van der Waals surface area contributed by atoms with Crippen LogP contribution >= 0.6 is 0 Å². The molecule has 1 aliphatic carbocycles. The van der Waals surface area contributed by atoms with Crippen LogP contribution in [-0.2, 0) is 14.3 Å². The quantitative estimate of drug-likeness (QED) is 0.348. The second-order valence-electron chi connectivity index (χ2n) is 5.86. The minimum absolute atomic E-state index is 0.0222. The highest BCUT2D eigenvalue weighted by Crippen LogP contribution is 2.42. The molecule has 1 aromatic rings. The summed E-state index contributed by atoms with van der Waals surface area (Å²) in [6.45, 7) is 1.96. The first-order valence-electron chi connectivity index (χ1n) is 7.87. The van der Waals surface area contributed by atoms with Gasteiger partial charge in [-0.3, -0.25) is 14.9 Å². The monoisotopic (exact) mass is 319 g/mol. The molecular weight excluding hydrogens is 298 g/mol. The van der Waals surface area contributed by atoms with Gasteiger partial charge in [-0.05, 0) is 25.3 Å². The Morgan fingerprint density at radius 3 is 2.61 bits per heavy atom. The summed E-state index contributed by atoms with van der Waals surface area (Å²) in [5, 5.41) is 11.7. The first-order valence-corrected chi connectivity index (χ1v) is 7.87. The van der Waals surface area contributed by atoms with Crippen molar-refractivity contribution >= 4 is 12.3 Å². The number of hydrogen-bond acceptors (Lipinski definition) is 5. The van der Waals surface area contributed by atoms with Crippen LogP contribution in [0.4, 0.5) is 0 Å². The van der Waals surface area contributed by atoms with E-state index >= 15 is 0 Å². The van der Waals surface area contributed by atoms with E-state index in [4.69, 9.17) is 4.74 Å². The Balaban J connectivity index is 2.31. The summed E-state index contributed by atoms with van der Waals surface area (Å²) in [5.74, 6) is -1.73. The van der Waals surface area contributed by atoms with Crippen LogP contribution < -0.4 is 0 Å². The number of esters is 1. The van der Waals surface area contributed by atoms with E-state index in [1.165, 1.54) is 0 Å². The Hall–Kier alpha value is -2.24. The molecule has 1 fully saturated rings. The lowest BCUT2D eigenvalue weighted by Crippen LogP contribution is -2.44. The van der Waals surface area contributed by atoms with E-state index < -0.39 is 29.8 Å². The zero-order chi connectivity index (χ0) is 16.8. The maximum absolute atomic E-state index is 11.8. The maximum Gasteiger partial charge on any atom is 0.306 e. The van der Waals surface area contributed by atoms with Gasteiger partial charge in [0, 0.05) is 16.8 Å². The molecule has 0 heterocycles. The van der Waals surface area contributed by atoms with Crippen LogP contribution in [0, 0.1) is 22.0 Å². The lowest BCUT2D eigenvalue weighted by molar-refractivity contribution is -0.540. The Kier molecular flexibility index (Phi) is 5.84. The zero-order valence-corrected chi connectivity index (χ0v) is 13.1. The molecule has 1 aliphatic rings. The van der Waals surface area contributed by atoms with Crippen molar-refractivity contribution < 1.29 is 19.2 Å². The fraction of sp³-hybridized carbons (Fsp3) is 0.529. The Bertz CT molecular complexity index is 559. The number of rotatable bonds is 6. The standard InChI is InChI=1S/C17H21NO5/c1-2-23-15(20)10-13-8-9-14(11-19)16(17(13)18(21)22)12-6-4-3-5-7-12/h3-7,11,13-14,16-17H,2,8-10H2,1H3/t13-,14+,16+,17+/m0/s1. The fourth-order valence-electron chi connectivity index (χ4n) is 3.54. The molecule has 0 aliphatic heterocycles. The molecule has 0 N–H and O–H groups in total. The van der Waals surface area contributed by atoms with Crippen molar-refractivity contribution in [1.29, 1.82) is 0 Å². The molecule has 124 valence electrons. The Morgan fingerprint density at radius 2 is 2.04 bits per heavy atom. The first kappa shape index (κ1) is 17.1. The van der Waals surface area contributed by atoms with E-state index in [1.54, 1.807) is 6.92 Å². The van der Waals surface area contributed by atoms with Gasteiger partial charge in [0.2, 0.25) is 6.04 Å². The average Bonchev–Trinajstić information content (AvgIpc) is 2.55. The maximum atomic E-state index is 11.8. The molecule has 0 amide bonds. The second-order valence-corrected chi connectivity index (χ2v) is 5.86. The predicted molar refractivity (Wildman–Crippen MR) is 83.5 cm³/mol. The topological polar surface area (TPSA) is 86.5 Å². The lowest BCUT2D eigenvalue weighted by Gasteiger charge is -2.35. The number of carbonyl (C=O) groups is 2. The summed E-state index contributed by atoms with van der Waals surface area (Å²) in [6, 6.07) is 8.12. The van der Waals surface area contributed by atoms with Gasteiger partial charge in [0.05, 0.1) is 18.9 Å². The normalized spacial score (nSPS) is 27.2. The van der Waals surface area contributed by atoms with Gasteiger partial charge >= 0.3 is 5.97 Å². The molecule has 6 heteroatoms. The summed E-state index contributed by atoms with van der Waals surface area (Å²) in [5.41, 5.74) is 0.778. The van der Waals surface area contributed by atoms with Gasteiger partial charge in [-0.25, -0.2) is 0 Å². The smallest absolute Gasteiger partial charge is 0.306 e. The molecule has 0 saturated heterocycles. The van der Waals surface area contributed by atoms with Crippen LogP contribution in [0.25, 0.3) is 0 Å². The van der Waals surface area contributed by atoms with E-state index in [0.717, 1.165) is 11.8 Å². The van der Waals surface area contributed by atoms with Gasteiger partial charge < -0.3 is 9.53 Å². The minimum Gasteiger partial charge on any atom is -0.466 e. The molecule has 23 heavy (non-hydrogen) atoms. The number of aldehydes is 1. The van der Waals surface area contributed by atoms with Gasteiger partial charge in [0.15, 0.2) is 0 Å². The van der Waals surface area contributed by atoms with Crippen molar-refractivity contribution in [2.45, 2.75) is 38.1 Å². The molecule has 6 nitrogen and oxygen atoms in total. The summed E-state index contributed by atoms with van der Waals surface area (Å²) in [7, 11) is 0.